The molecular formula is C9H19NW. The molecule has 0 N–H and O–H groups in total. The van der Waals surface area contributed by atoms with E-state index < -0.39 is 0 Å². The van der Waals surface area contributed by atoms with Crippen LogP contribution in [-0.4, -0.2) is 23.5 Å². The van der Waals surface area contributed by atoms with Crippen LogP contribution >= 0.6 is 0 Å². The van der Waals surface area contributed by atoms with Crippen molar-refractivity contribution in [3.05, 3.63) is 13.3 Å². The average molecular weight is 325 g/mol. The Bertz CT molecular complexity index is 83.6. The first-order valence-corrected chi connectivity index (χ1v) is 4.01. The summed E-state index contributed by atoms with van der Waals surface area (Å²) in [7, 11) is 0. The van der Waals surface area contributed by atoms with E-state index in [4.69, 9.17) is 0 Å². The summed E-state index contributed by atoms with van der Waals surface area (Å²) in [6.45, 7) is 13.7. The van der Waals surface area contributed by atoms with Gasteiger partial charge in [-0.2, -0.15) is 6.92 Å². The van der Waals surface area contributed by atoms with Crippen LogP contribution in [0.4, 0.5) is 0 Å². The van der Waals surface area contributed by atoms with Crippen molar-refractivity contribution in [3.63, 3.8) is 0 Å². The predicted molar refractivity (Wildman–Crippen MR) is 46.6 cm³/mol. The fraction of sp³-hybridized carbons (Fsp3) is 0.778. The van der Waals surface area contributed by atoms with Gasteiger partial charge in [0, 0.05) is 0 Å². The van der Waals surface area contributed by atoms with Crippen molar-refractivity contribution in [1.29, 1.82) is 0 Å². The van der Waals surface area contributed by atoms with Crippen molar-refractivity contribution < 1.29 is 21.1 Å². The standard InChI is InChI=1S/C9H19N.W/c1-6-9(5)10(7-2)8(3)4;/h6,8-9H,3,7H2,1-2,4-5H3;/q-2;+2. The SMILES string of the molecule is [CH2-]C(C)N(CC)C(C)[CH-]C.[W+2]. The minimum Gasteiger partial charge on any atom is -0.357 e. The number of nitrogens with zero attached hydrogens (tertiary/aromatic N) is 1. The average Bonchev–Trinajstić information content (AvgIpc) is 1.88. The summed E-state index contributed by atoms with van der Waals surface area (Å²) < 4.78 is 0. The zero-order chi connectivity index (χ0) is 8.15. The van der Waals surface area contributed by atoms with E-state index in [2.05, 4.69) is 45.9 Å². The quantitative estimate of drug-likeness (QED) is 0.716. The van der Waals surface area contributed by atoms with Crippen molar-refractivity contribution in [2.45, 2.75) is 39.8 Å². The predicted octanol–water partition coefficient (Wildman–Crippen LogP) is 2.14. The summed E-state index contributed by atoms with van der Waals surface area (Å²) in [5, 5.41) is 0. The Morgan fingerprint density at radius 2 is 1.91 bits per heavy atom. The molecule has 0 saturated carbocycles. The smallest absolute Gasteiger partial charge is 0.357 e. The molecule has 66 valence electrons. The molecule has 0 aromatic carbocycles. The second-order valence-electron chi connectivity index (χ2n) is 2.75. The molecule has 0 radical (unpaired) electrons. The van der Waals surface area contributed by atoms with Gasteiger partial charge in [0.25, 0.3) is 0 Å². The summed E-state index contributed by atoms with van der Waals surface area (Å²) in [6, 6.07) is 0.966. The van der Waals surface area contributed by atoms with Crippen LogP contribution in [0.15, 0.2) is 0 Å². The van der Waals surface area contributed by atoms with Crippen molar-refractivity contribution in [3.8, 4) is 0 Å². The first kappa shape index (κ1) is 14.2. The number of rotatable bonds is 4. The van der Waals surface area contributed by atoms with Gasteiger partial charge in [-0.1, -0.05) is 20.8 Å². The van der Waals surface area contributed by atoms with Crippen LogP contribution in [0.3, 0.4) is 0 Å². The van der Waals surface area contributed by atoms with Crippen molar-refractivity contribution in [1.82, 2.24) is 4.90 Å². The summed E-state index contributed by atoms with van der Waals surface area (Å²) in [6.07, 6.45) is 2.20. The first-order chi connectivity index (χ1) is 4.63. The van der Waals surface area contributed by atoms with E-state index in [0.717, 1.165) is 6.54 Å². The second-order valence-corrected chi connectivity index (χ2v) is 2.75. The molecule has 0 aromatic rings. The van der Waals surface area contributed by atoms with E-state index in [-0.39, 0.29) is 21.1 Å². The fourth-order valence-electron chi connectivity index (χ4n) is 1.19. The third-order valence-electron chi connectivity index (χ3n) is 1.94. The molecule has 0 bridgehead atoms. The largest absolute Gasteiger partial charge is 2.00 e. The van der Waals surface area contributed by atoms with E-state index in [9.17, 15) is 0 Å². The zero-order valence-corrected chi connectivity index (χ0v) is 10.9. The number of hydrogen-bond donors (Lipinski definition) is 0. The molecule has 0 heterocycles. The van der Waals surface area contributed by atoms with Crippen molar-refractivity contribution >= 4 is 0 Å². The van der Waals surface area contributed by atoms with Gasteiger partial charge in [-0.25, -0.2) is 0 Å². The summed E-state index contributed by atoms with van der Waals surface area (Å²) >= 11 is 0. The van der Waals surface area contributed by atoms with Gasteiger partial charge in [0.2, 0.25) is 0 Å². The topological polar surface area (TPSA) is 3.24 Å². The van der Waals surface area contributed by atoms with Crippen molar-refractivity contribution in [2.75, 3.05) is 6.54 Å². The van der Waals surface area contributed by atoms with Crippen LogP contribution < -0.4 is 0 Å². The van der Waals surface area contributed by atoms with Gasteiger partial charge in [-0.3, -0.25) is 0 Å². The Labute approximate surface area is 85.8 Å². The third kappa shape index (κ3) is 4.98. The molecule has 0 saturated heterocycles. The second kappa shape index (κ2) is 7.31. The molecule has 2 heteroatoms. The molecule has 0 rings (SSSR count). The summed E-state index contributed by atoms with van der Waals surface area (Å²) in [4.78, 5) is 2.35. The summed E-state index contributed by atoms with van der Waals surface area (Å²) in [5.41, 5.74) is 0. The molecule has 0 spiro atoms. The molecule has 2 unspecified atom stereocenters. The van der Waals surface area contributed by atoms with Crippen molar-refractivity contribution in [2.24, 2.45) is 0 Å². The van der Waals surface area contributed by atoms with Gasteiger partial charge in [-0.05, 0) is 6.54 Å². The Kier molecular flexibility index (Phi) is 9.42. The number of hydrogen-bond acceptors (Lipinski definition) is 1. The Hall–Kier alpha value is 0.648. The van der Waals surface area contributed by atoms with Crippen LogP contribution in [-0.2, 0) is 21.1 Å². The fourth-order valence-corrected chi connectivity index (χ4v) is 1.19. The molecule has 1 nitrogen and oxygen atoms in total. The minimum atomic E-state index is 0. The molecule has 2 atom stereocenters. The molecule has 0 aliphatic heterocycles. The van der Waals surface area contributed by atoms with Gasteiger partial charge in [0.15, 0.2) is 0 Å². The van der Waals surface area contributed by atoms with Crippen LogP contribution in [0, 0.1) is 13.3 Å². The van der Waals surface area contributed by atoms with Gasteiger partial charge < -0.3 is 18.2 Å². The van der Waals surface area contributed by atoms with Gasteiger partial charge in [-0.15, -0.1) is 12.1 Å². The summed E-state index contributed by atoms with van der Waals surface area (Å²) in [5.74, 6) is 0. The van der Waals surface area contributed by atoms with Crippen LogP contribution in [0.2, 0.25) is 0 Å². The molecule has 0 aromatic heterocycles. The third-order valence-corrected chi connectivity index (χ3v) is 1.94. The monoisotopic (exact) mass is 325 g/mol. The minimum absolute atomic E-state index is 0. The van der Waals surface area contributed by atoms with Gasteiger partial charge in [0.1, 0.15) is 0 Å². The Balaban J connectivity index is 0. The van der Waals surface area contributed by atoms with Crippen LogP contribution in [0.25, 0.3) is 0 Å². The molecule has 0 fully saturated rings. The van der Waals surface area contributed by atoms with E-state index in [0.29, 0.717) is 12.1 Å². The molecule has 0 amide bonds. The normalized spacial score (nSPS) is 15.8. The van der Waals surface area contributed by atoms with E-state index in [1.807, 2.05) is 0 Å². The van der Waals surface area contributed by atoms with Gasteiger partial charge >= 0.3 is 21.1 Å². The van der Waals surface area contributed by atoms with E-state index in [1.165, 1.54) is 0 Å². The molecule has 11 heavy (non-hydrogen) atoms. The zero-order valence-electron chi connectivity index (χ0n) is 8.00. The molecule has 0 aliphatic carbocycles. The first-order valence-electron chi connectivity index (χ1n) is 4.01. The van der Waals surface area contributed by atoms with E-state index >= 15 is 0 Å². The maximum Gasteiger partial charge on any atom is 2.00 e. The molecule has 0 aliphatic rings. The maximum absolute atomic E-state index is 3.98. The van der Waals surface area contributed by atoms with E-state index in [1.54, 1.807) is 0 Å². The van der Waals surface area contributed by atoms with Crippen LogP contribution in [0.5, 0.6) is 0 Å². The Morgan fingerprint density at radius 1 is 1.45 bits per heavy atom. The Morgan fingerprint density at radius 3 is 2.00 bits per heavy atom. The maximum atomic E-state index is 3.98. The van der Waals surface area contributed by atoms with Crippen LogP contribution in [0.1, 0.15) is 27.7 Å². The molecular weight excluding hydrogens is 306 g/mol. The van der Waals surface area contributed by atoms with Gasteiger partial charge in [0.05, 0.1) is 0 Å².